The minimum absolute atomic E-state index is 0.744. The molecule has 0 radical (unpaired) electrons. The van der Waals surface area contributed by atoms with Crippen LogP contribution in [-0.4, -0.2) is 28.8 Å². The van der Waals surface area contributed by atoms with Crippen molar-refractivity contribution in [1.82, 2.24) is 5.54 Å². The topological polar surface area (TPSA) is 69.6 Å². The minimum atomic E-state index is -1.49. The minimum Gasteiger partial charge on any atom is -0.480 e. The molecular formula is C3H6FNO3. The molecule has 3 N–H and O–H groups in total. The number of halogens is 1. The van der Waals surface area contributed by atoms with Crippen LogP contribution in [0, 0.1) is 0 Å². The number of carbonyl (C=O) groups is 1. The second-order valence-electron chi connectivity index (χ2n) is 1.18. The lowest BCUT2D eigenvalue weighted by Gasteiger charge is -2.00. The van der Waals surface area contributed by atoms with Gasteiger partial charge in [-0.3, -0.25) is 4.79 Å². The highest BCUT2D eigenvalue weighted by molar-refractivity contribution is 5.73. The Bertz CT molecular complexity index is 82.6. The fourth-order valence-electron chi connectivity index (χ4n) is 0.159. The van der Waals surface area contributed by atoms with E-state index in [1.165, 1.54) is 0 Å². The smallest absolute Gasteiger partial charge is 0.325 e. The van der Waals surface area contributed by atoms with Crippen molar-refractivity contribution in [2.75, 3.05) is 6.61 Å². The standard InChI is InChI=1S/C3H6FNO3/c4-5-2(1-6)3(7)8/h2,5-6H,1H2,(H,7,8)/t2-/m0/s1. The van der Waals surface area contributed by atoms with Gasteiger partial charge < -0.3 is 10.2 Å². The monoisotopic (exact) mass is 123 g/mol. The van der Waals surface area contributed by atoms with E-state index in [4.69, 9.17) is 10.2 Å². The molecule has 4 nitrogen and oxygen atoms in total. The van der Waals surface area contributed by atoms with Gasteiger partial charge in [-0.25, -0.2) is 0 Å². The van der Waals surface area contributed by atoms with Gasteiger partial charge in [-0.05, 0) is 0 Å². The van der Waals surface area contributed by atoms with Crippen LogP contribution in [0.3, 0.4) is 0 Å². The van der Waals surface area contributed by atoms with Gasteiger partial charge >= 0.3 is 5.97 Å². The molecule has 5 heteroatoms. The molecule has 8 heavy (non-hydrogen) atoms. The molecule has 0 rings (SSSR count). The largest absolute Gasteiger partial charge is 0.480 e. The molecule has 0 aromatic rings. The lowest BCUT2D eigenvalue weighted by Crippen LogP contribution is -2.34. The summed E-state index contributed by atoms with van der Waals surface area (Å²) in [6, 6.07) is -1.49. The first-order valence-corrected chi connectivity index (χ1v) is 1.92. The van der Waals surface area contributed by atoms with Crippen LogP contribution in [0.2, 0.25) is 0 Å². The average molecular weight is 123 g/mol. The molecule has 0 aliphatic rings. The number of nitrogens with one attached hydrogen (secondary N) is 1. The van der Waals surface area contributed by atoms with E-state index >= 15 is 0 Å². The summed E-state index contributed by atoms with van der Waals surface area (Å²) in [7, 11) is 0. The summed E-state index contributed by atoms with van der Waals surface area (Å²) in [5.74, 6) is -1.41. The number of hydrogen-bond acceptors (Lipinski definition) is 3. The zero-order valence-electron chi connectivity index (χ0n) is 3.97. The van der Waals surface area contributed by atoms with E-state index in [0.29, 0.717) is 0 Å². The molecule has 0 saturated heterocycles. The van der Waals surface area contributed by atoms with Gasteiger partial charge in [0.25, 0.3) is 0 Å². The van der Waals surface area contributed by atoms with Crippen LogP contribution in [0.5, 0.6) is 0 Å². The number of carboxylic acids is 1. The molecule has 0 aliphatic heterocycles. The summed E-state index contributed by atoms with van der Waals surface area (Å²) in [5, 5.41) is 15.9. The van der Waals surface area contributed by atoms with Crippen molar-refractivity contribution in [3.8, 4) is 0 Å². The molecule has 48 valence electrons. The maximum Gasteiger partial charge on any atom is 0.325 e. The fourth-order valence-corrected chi connectivity index (χ4v) is 0.159. The average Bonchev–Trinajstić information content (AvgIpc) is 1.69. The van der Waals surface area contributed by atoms with E-state index in [1.807, 2.05) is 0 Å². The van der Waals surface area contributed by atoms with E-state index in [-0.39, 0.29) is 0 Å². The second kappa shape index (κ2) is 3.34. The highest BCUT2D eigenvalue weighted by Crippen LogP contribution is 1.79. The van der Waals surface area contributed by atoms with Crippen LogP contribution >= 0.6 is 0 Å². The molecule has 0 spiro atoms. The molecular weight excluding hydrogens is 117 g/mol. The molecule has 0 unspecified atom stereocenters. The molecule has 0 saturated carbocycles. The number of rotatable bonds is 3. The molecule has 0 aliphatic carbocycles. The predicted molar refractivity (Wildman–Crippen MR) is 22.8 cm³/mol. The molecule has 0 amide bonds. The zero-order chi connectivity index (χ0) is 6.57. The summed E-state index contributed by atoms with van der Waals surface area (Å²) in [6.45, 7) is -0.744. The Balaban J connectivity index is 3.52. The summed E-state index contributed by atoms with van der Waals surface area (Å²) in [4.78, 5) is 9.70. The maximum absolute atomic E-state index is 11.1. The number of aliphatic hydroxyl groups excluding tert-OH is 1. The Kier molecular flexibility index (Phi) is 3.05. The summed E-state index contributed by atoms with van der Waals surface area (Å²) in [6.07, 6.45) is 0. The van der Waals surface area contributed by atoms with Crippen molar-refractivity contribution in [2.24, 2.45) is 0 Å². The SMILES string of the molecule is O=C(O)[C@H](CO)NF. The number of aliphatic carboxylic acids is 1. The third-order valence-corrected chi connectivity index (χ3v) is 0.612. The van der Waals surface area contributed by atoms with Crippen molar-refractivity contribution in [3.05, 3.63) is 0 Å². The second-order valence-corrected chi connectivity index (χ2v) is 1.18. The summed E-state index contributed by atoms with van der Waals surface area (Å²) in [5.41, 5.74) is 0.902. The molecule has 0 fully saturated rings. The number of hydrogen-bond donors (Lipinski definition) is 3. The number of aliphatic hydroxyl groups is 1. The van der Waals surface area contributed by atoms with Crippen LogP contribution in [0.4, 0.5) is 4.48 Å². The molecule has 0 heterocycles. The molecule has 0 aromatic heterocycles. The van der Waals surface area contributed by atoms with Gasteiger partial charge in [0.2, 0.25) is 0 Å². The van der Waals surface area contributed by atoms with Gasteiger partial charge in [-0.15, -0.1) is 10.0 Å². The number of carboxylic acid groups (broad SMARTS) is 1. The first-order valence-electron chi connectivity index (χ1n) is 1.92. The highest BCUT2D eigenvalue weighted by atomic mass is 19.2. The van der Waals surface area contributed by atoms with E-state index in [0.717, 1.165) is 5.54 Å². The van der Waals surface area contributed by atoms with Crippen molar-refractivity contribution in [2.45, 2.75) is 6.04 Å². The van der Waals surface area contributed by atoms with Crippen molar-refractivity contribution < 1.29 is 19.5 Å². The first kappa shape index (κ1) is 7.32. The van der Waals surface area contributed by atoms with Crippen LogP contribution in [-0.2, 0) is 4.79 Å². The quantitative estimate of drug-likeness (QED) is 0.417. The van der Waals surface area contributed by atoms with Gasteiger partial charge in [0.1, 0.15) is 0 Å². The van der Waals surface area contributed by atoms with Gasteiger partial charge in [0.15, 0.2) is 6.04 Å². The van der Waals surface area contributed by atoms with E-state index in [2.05, 4.69) is 0 Å². The third kappa shape index (κ3) is 1.85. The Morgan fingerprint density at radius 1 is 1.88 bits per heavy atom. The summed E-state index contributed by atoms with van der Waals surface area (Å²) >= 11 is 0. The van der Waals surface area contributed by atoms with Gasteiger partial charge in [-0.2, -0.15) is 0 Å². The first-order chi connectivity index (χ1) is 3.72. The van der Waals surface area contributed by atoms with Gasteiger partial charge in [0, 0.05) is 0 Å². The van der Waals surface area contributed by atoms with Crippen LogP contribution in [0.25, 0.3) is 0 Å². The zero-order valence-corrected chi connectivity index (χ0v) is 3.97. The third-order valence-electron chi connectivity index (χ3n) is 0.612. The molecule has 1 atom stereocenters. The maximum atomic E-state index is 11.1. The van der Waals surface area contributed by atoms with Crippen molar-refractivity contribution in [3.63, 3.8) is 0 Å². The lowest BCUT2D eigenvalue weighted by molar-refractivity contribution is -0.142. The molecule has 0 bridgehead atoms. The summed E-state index contributed by atoms with van der Waals surface area (Å²) < 4.78 is 11.1. The van der Waals surface area contributed by atoms with Crippen molar-refractivity contribution >= 4 is 5.97 Å². The van der Waals surface area contributed by atoms with Gasteiger partial charge in [0.05, 0.1) is 6.61 Å². The van der Waals surface area contributed by atoms with E-state index in [1.54, 1.807) is 0 Å². The Morgan fingerprint density at radius 3 is 2.38 bits per heavy atom. The van der Waals surface area contributed by atoms with Crippen molar-refractivity contribution in [1.29, 1.82) is 0 Å². The van der Waals surface area contributed by atoms with Crippen LogP contribution in [0.15, 0.2) is 0 Å². The van der Waals surface area contributed by atoms with E-state index in [9.17, 15) is 9.28 Å². The van der Waals surface area contributed by atoms with Crippen LogP contribution in [0.1, 0.15) is 0 Å². The normalized spacial score (nSPS) is 13.2. The Hall–Kier alpha value is -0.680. The Labute approximate surface area is 44.9 Å². The lowest BCUT2D eigenvalue weighted by atomic mass is 10.3. The van der Waals surface area contributed by atoms with Crippen LogP contribution < -0.4 is 5.54 Å². The van der Waals surface area contributed by atoms with E-state index < -0.39 is 18.6 Å². The van der Waals surface area contributed by atoms with Gasteiger partial charge in [-0.1, -0.05) is 0 Å². The fraction of sp³-hybridized carbons (Fsp3) is 0.667. The predicted octanol–water partition coefficient (Wildman–Crippen LogP) is -1.09. The Morgan fingerprint density at radius 2 is 2.38 bits per heavy atom. The highest BCUT2D eigenvalue weighted by Gasteiger charge is 2.13. The molecule has 0 aromatic carbocycles.